The molecule has 1 aromatic carbocycles. The Morgan fingerprint density at radius 1 is 1.36 bits per heavy atom. The molecule has 2 rings (SSSR count). The van der Waals surface area contributed by atoms with Crippen molar-refractivity contribution in [1.29, 1.82) is 0 Å². The van der Waals surface area contributed by atoms with Gasteiger partial charge in [-0.15, -0.1) is 0 Å². The van der Waals surface area contributed by atoms with E-state index >= 15 is 0 Å². The van der Waals surface area contributed by atoms with Gasteiger partial charge in [-0.1, -0.05) is 11.3 Å². The summed E-state index contributed by atoms with van der Waals surface area (Å²) in [5.41, 5.74) is 0. The number of aromatic hydroxyl groups is 2. The summed E-state index contributed by atoms with van der Waals surface area (Å²) >= 11 is 1.14. The number of benzene rings is 1. The highest BCUT2D eigenvalue weighted by Gasteiger charge is 2.10. The van der Waals surface area contributed by atoms with Crippen molar-refractivity contribution in [2.45, 2.75) is 6.92 Å². The lowest BCUT2D eigenvalue weighted by molar-refractivity contribution is 0.341. The van der Waals surface area contributed by atoms with Crippen LogP contribution in [0.25, 0.3) is 10.1 Å². The lowest BCUT2D eigenvalue weighted by Crippen LogP contribution is -1.89. The average molecular weight is 210 g/mol. The Morgan fingerprint density at radius 2 is 2.14 bits per heavy atom. The molecule has 14 heavy (non-hydrogen) atoms. The largest absolute Gasteiger partial charge is 0.503 e. The van der Waals surface area contributed by atoms with Crippen LogP contribution in [0.2, 0.25) is 0 Å². The summed E-state index contributed by atoms with van der Waals surface area (Å²) in [7, 11) is 0. The van der Waals surface area contributed by atoms with Gasteiger partial charge in [-0.25, -0.2) is 0 Å². The summed E-state index contributed by atoms with van der Waals surface area (Å²) in [5.74, 6) is 0.703. The maximum atomic E-state index is 9.44. The van der Waals surface area contributed by atoms with Crippen molar-refractivity contribution in [3.8, 4) is 16.6 Å². The highest BCUT2D eigenvalue weighted by molar-refractivity contribution is 7.21. The summed E-state index contributed by atoms with van der Waals surface area (Å²) in [5, 5.41) is 19.3. The zero-order valence-electron chi connectivity index (χ0n) is 7.65. The Morgan fingerprint density at radius 3 is 2.86 bits per heavy atom. The van der Waals surface area contributed by atoms with E-state index in [-0.39, 0.29) is 10.8 Å². The molecule has 4 heteroatoms. The Labute approximate surface area is 85.2 Å². The molecule has 0 aliphatic heterocycles. The van der Waals surface area contributed by atoms with Crippen molar-refractivity contribution < 1.29 is 14.9 Å². The van der Waals surface area contributed by atoms with E-state index in [4.69, 9.17) is 4.74 Å². The van der Waals surface area contributed by atoms with Gasteiger partial charge in [0.1, 0.15) is 5.75 Å². The van der Waals surface area contributed by atoms with Gasteiger partial charge in [-0.3, -0.25) is 0 Å². The van der Waals surface area contributed by atoms with Crippen molar-refractivity contribution in [1.82, 2.24) is 0 Å². The fraction of sp³-hybridized carbons (Fsp3) is 0.200. The van der Waals surface area contributed by atoms with Gasteiger partial charge in [0.15, 0.2) is 5.75 Å². The van der Waals surface area contributed by atoms with E-state index in [0.717, 1.165) is 21.8 Å². The molecule has 0 aliphatic rings. The van der Waals surface area contributed by atoms with E-state index in [2.05, 4.69) is 0 Å². The van der Waals surface area contributed by atoms with Crippen LogP contribution < -0.4 is 4.74 Å². The first kappa shape index (κ1) is 9.15. The molecule has 0 bridgehead atoms. The molecule has 3 nitrogen and oxygen atoms in total. The monoisotopic (exact) mass is 210 g/mol. The van der Waals surface area contributed by atoms with Crippen LogP contribution in [0.5, 0.6) is 16.6 Å². The molecule has 2 N–H and O–H groups in total. The zero-order valence-corrected chi connectivity index (χ0v) is 8.47. The molecule has 1 heterocycles. The molecular formula is C10H10O3S. The Bertz CT molecular complexity index is 462. The number of ether oxygens (including phenoxy) is 1. The first-order valence-corrected chi connectivity index (χ1v) is 5.11. The molecule has 0 saturated heterocycles. The fourth-order valence-electron chi connectivity index (χ4n) is 1.31. The van der Waals surface area contributed by atoms with Gasteiger partial charge in [-0.2, -0.15) is 0 Å². The standard InChI is InChI=1S/C10H10O3S/c1-2-13-6-3-4-7-8(5-6)14-10(12)9(7)11/h3-5,11-12H,2H2,1H3. The maximum absolute atomic E-state index is 9.44. The van der Waals surface area contributed by atoms with Crippen molar-refractivity contribution in [2.24, 2.45) is 0 Å². The smallest absolute Gasteiger partial charge is 0.215 e. The molecule has 0 amide bonds. The van der Waals surface area contributed by atoms with E-state index in [1.165, 1.54) is 0 Å². The van der Waals surface area contributed by atoms with Gasteiger partial charge in [0.25, 0.3) is 0 Å². The Kier molecular flexibility index (Phi) is 2.21. The first-order valence-electron chi connectivity index (χ1n) is 4.29. The van der Waals surface area contributed by atoms with Gasteiger partial charge in [-0.05, 0) is 25.1 Å². The average Bonchev–Trinajstić information content (AvgIpc) is 2.43. The van der Waals surface area contributed by atoms with Crippen LogP contribution >= 0.6 is 11.3 Å². The van der Waals surface area contributed by atoms with Crippen LogP contribution in [-0.4, -0.2) is 16.8 Å². The summed E-state index contributed by atoms with van der Waals surface area (Å²) in [6.07, 6.45) is 0. The summed E-state index contributed by atoms with van der Waals surface area (Å²) in [6.45, 7) is 2.52. The van der Waals surface area contributed by atoms with E-state index < -0.39 is 0 Å². The third-order valence-corrected chi connectivity index (χ3v) is 2.87. The normalized spacial score (nSPS) is 10.6. The van der Waals surface area contributed by atoms with Crippen molar-refractivity contribution in [3.63, 3.8) is 0 Å². The number of thiophene rings is 1. The lowest BCUT2D eigenvalue weighted by atomic mass is 10.2. The highest BCUT2D eigenvalue weighted by atomic mass is 32.1. The van der Waals surface area contributed by atoms with Gasteiger partial charge >= 0.3 is 0 Å². The van der Waals surface area contributed by atoms with Crippen LogP contribution in [0.15, 0.2) is 18.2 Å². The van der Waals surface area contributed by atoms with Gasteiger partial charge in [0, 0.05) is 10.1 Å². The second-order valence-corrected chi connectivity index (χ2v) is 3.88. The predicted molar refractivity (Wildman–Crippen MR) is 56.3 cm³/mol. The molecule has 2 aromatic rings. The Balaban J connectivity index is 2.56. The van der Waals surface area contributed by atoms with E-state index in [9.17, 15) is 10.2 Å². The molecule has 74 valence electrons. The second kappa shape index (κ2) is 3.38. The second-order valence-electron chi connectivity index (χ2n) is 2.85. The van der Waals surface area contributed by atoms with E-state index in [1.807, 2.05) is 13.0 Å². The van der Waals surface area contributed by atoms with Crippen molar-refractivity contribution in [3.05, 3.63) is 18.2 Å². The highest BCUT2D eigenvalue weighted by Crippen LogP contribution is 2.43. The summed E-state index contributed by atoms with van der Waals surface area (Å²) < 4.78 is 6.13. The predicted octanol–water partition coefficient (Wildman–Crippen LogP) is 2.71. The van der Waals surface area contributed by atoms with Gasteiger partial charge in [0.2, 0.25) is 5.06 Å². The molecule has 0 saturated carbocycles. The van der Waals surface area contributed by atoms with Crippen LogP contribution in [0.3, 0.4) is 0 Å². The van der Waals surface area contributed by atoms with Crippen LogP contribution in [0.1, 0.15) is 6.92 Å². The quantitative estimate of drug-likeness (QED) is 0.801. The summed E-state index contributed by atoms with van der Waals surface area (Å²) in [6, 6.07) is 5.33. The van der Waals surface area contributed by atoms with Crippen molar-refractivity contribution >= 4 is 21.4 Å². The topological polar surface area (TPSA) is 49.7 Å². The minimum Gasteiger partial charge on any atom is -0.503 e. The van der Waals surface area contributed by atoms with Crippen LogP contribution in [0.4, 0.5) is 0 Å². The third kappa shape index (κ3) is 1.37. The molecule has 0 unspecified atom stereocenters. The van der Waals surface area contributed by atoms with Crippen molar-refractivity contribution in [2.75, 3.05) is 6.61 Å². The Hall–Kier alpha value is -1.42. The lowest BCUT2D eigenvalue weighted by Gasteiger charge is -2.01. The fourth-order valence-corrected chi connectivity index (χ4v) is 2.17. The van der Waals surface area contributed by atoms with Gasteiger partial charge in [0.05, 0.1) is 6.61 Å². The summed E-state index contributed by atoms with van der Waals surface area (Å²) in [4.78, 5) is 0. The van der Waals surface area contributed by atoms with Gasteiger partial charge < -0.3 is 14.9 Å². The van der Waals surface area contributed by atoms with Crippen LogP contribution in [0, 0.1) is 0 Å². The third-order valence-electron chi connectivity index (χ3n) is 1.93. The molecule has 1 aromatic heterocycles. The molecule has 0 fully saturated rings. The van der Waals surface area contributed by atoms with E-state index in [1.54, 1.807) is 12.1 Å². The van der Waals surface area contributed by atoms with E-state index in [0.29, 0.717) is 12.0 Å². The SMILES string of the molecule is CCOc1ccc2c(O)c(O)sc2c1. The molecule has 0 radical (unpaired) electrons. The molecule has 0 spiro atoms. The zero-order chi connectivity index (χ0) is 10.1. The minimum absolute atomic E-state index is 0.0475. The molecule has 0 atom stereocenters. The number of hydrogen-bond donors (Lipinski definition) is 2. The number of hydrogen-bond acceptors (Lipinski definition) is 4. The molecular weight excluding hydrogens is 200 g/mol. The van der Waals surface area contributed by atoms with Crippen LogP contribution in [-0.2, 0) is 0 Å². The number of rotatable bonds is 2. The number of fused-ring (bicyclic) bond motifs is 1. The molecule has 0 aliphatic carbocycles. The maximum Gasteiger partial charge on any atom is 0.215 e. The minimum atomic E-state index is -0.0481. The first-order chi connectivity index (χ1) is 6.72.